The molecule has 2 atom stereocenters. The van der Waals surface area contributed by atoms with E-state index in [9.17, 15) is 14.7 Å². The molecule has 1 fully saturated rings. The Bertz CT molecular complexity index is 1830. The van der Waals surface area contributed by atoms with Crippen molar-refractivity contribution in [1.29, 1.82) is 0 Å². The number of aliphatic hydroxyl groups excluding tert-OH is 1. The zero-order chi connectivity index (χ0) is 32.5. The second-order valence-electron chi connectivity index (χ2n) is 11.9. The fourth-order valence-electron chi connectivity index (χ4n) is 5.81. The number of carbonyl (C=O) groups excluding carboxylic acids is 2. The molecule has 0 unspecified atom stereocenters. The van der Waals surface area contributed by atoms with Gasteiger partial charge in [-0.15, -0.1) is 0 Å². The highest BCUT2D eigenvalue weighted by Crippen LogP contribution is 2.46. The number of fused-ring (bicyclic) bond motifs is 2. The molecule has 46 heavy (non-hydrogen) atoms. The number of anilines is 1. The number of aromatic nitrogens is 1. The highest BCUT2D eigenvalue weighted by atomic mass is 32.1. The van der Waals surface area contributed by atoms with Crippen molar-refractivity contribution in [2.75, 3.05) is 24.7 Å². The SMILES string of the molecule is CCOc1ccc2nc(N3C(=O)C(=O)/C(=C(/O)c4ccc5c(c4)C[C@@H](C)O5)[C@@H]3c3ccc(OCCC(C)C)c(OCC)c3)sc2c1. The van der Waals surface area contributed by atoms with E-state index in [0.717, 1.165) is 22.4 Å². The molecular formula is C36H38N2O7S. The van der Waals surface area contributed by atoms with Crippen LogP contribution in [-0.4, -0.2) is 47.7 Å². The summed E-state index contributed by atoms with van der Waals surface area (Å²) in [6.07, 6.45) is 1.57. The van der Waals surface area contributed by atoms with Gasteiger partial charge in [0.05, 0.1) is 41.7 Å². The number of thiazole rings is 1. The quantitative estimate of drug-likeness (QED) is 0.102. The highest BCUT2D eigenvalue weighted by molar-refractivity contribution is 7.22. The summed E-state index contributed by atoms with van der Waals surface area (Å²) in [6, 6.07) is 15.3. The van der Waals surface area contributed by atoms with Gasteiger partial charge in [0.15, 0.2) is 16.6 Å². The number of aliphatic hydroxyl groups is 1. The van der Waals surface area contributed by atoms with Crippen LogP contribution in [0, 0.1) is 5.92 Å². The first-order valence-electron chi connectivity index (χ1n) is 15.7. The molecule has 3 aromatic carbocycles. The molecule has 1 N–H and O–H groups in total. The molecule has 6 rings (SSSR count). The minimum Gasteiger partial charge on any atom is -0.507 e. The third-order valence-electron chi connectivity index (χ3n) is 8.02. The van der Waals surface area contributed by atoms with E-state index in [2.05, 4.69) is 13.8 Å². The van der Waals surface area contributed by atoms with Gasteiger partial charge in [-0.3, -0.25) is 14.5 Å². The van der Waals surface area contributed by atoms with Gasteiger partial charge in [-0.2, -0.15) is 0 Å². The fourth-order valence-corrected chi connectivity index (χ4v) is 6.83. The number of hydrogen-bond acceptors (Lipinski definition) is 9. The van der Waals surface area contributed by atoms with Crippen molar-refractivity contribution in [2.24, 2.45) is 5.92 Å². The van der Waals surface area contributed by atoms with E-state index < -0.39 is 17.7 Å². The smallest absolute Gasteiger partial charge is 0.301 e. The molecule has 3 heterocycles. The zero-order valence-corrected chi connectivity index (χ0v) is 27.5. The molecule has 4 aromatic rings. The number of hydrogen-bond donors (Lipinski definition) is 1. The van der Waals surface area contributed by atoms with Gasteiger partial charge in [-0.25, -0.2) is 4.98 Å². The third kappa shape index (κ3) is 6.01. The highest BCUT2D eigenvalue weighted by Gasteiger charge is 2.48. The maximum Gasteiger partial charge on any atom is 0.301 e. The van der Waals surface area contributed by atoms with Crippen molar-refractivity contribution in [3.8, 4) is 23.0 Å². The molecule has 0 spiro atoms. The summed E-state index contributed by atoms with van der Waals surface area (Å²) in [7, 11) is 0. The fraction of sp³-hybridized carbons (Fsp3) is 0.361. The van der Waals surface area contributed by atoms with E-state index in [1.165, 1.54) is 16.2 Å². The number of rotatable bonds is 11. The van der Waals surface area contributed by atoms with Gasteiger partial charge in [-0.05, 0) is 92.8 Å². The Kier molecular flexibility index (Phi) is 8.90. The Morgan fingerprint density at radius 1 is 1.02 bits per heavy atom. The van der Waals surface area contributed by atoms with Gasteiger partial charge < -0.3 is 24.1 Å². The molecule has 240 valence electrons. The van der Waals surface area contributed by atoms with Crippen LogP contribution in [0.4, 0.5) is 5.13 Å². The topological polar surface area (TPSA) is 107 Å². The molecule has 0 saturated carbocycles. The number of Topliss-reactive ketones (excluding diaryl/α,β-unsaturated/α-hetero) is 1. The summed E-state index contributed by atoms with van der Waals surface area (Å²) in [5.74, 6) is 1.14. The van der Waals surface area contributed by atoms with Gasteiger partial charge in [0, 0.05) is 12.0 Å². The Balaban J connectivity index is 1.49. The number of nitrogens with zero attached hydrogens (tertiary/aromatic N) is 2. The normalized spacial score (nSPS) is 18.7. The van der Waals surface area contributed by atoms with Crippen molar-refractivity contribution in [3.63, 3.8) is 0 Å². The van der Waals surface area contributed by atoms with Crippen LogP contribution in [0.5, 0.6) is 23.0 Å². The van der Waals surface area contributed by atoms with Gasteiger partial charge in [-0.1, -0.05) is 31.3 Å². The lowest BCUT2D eigenvalue weighted by molar-refractivity contribution is -0.132. The molecule has 2 aliphatic rings. The summed E-state index contributed by atoms with van der Waals surface area (Å²) in [4.78, 5) is 33.9. The maximum absolute atomic E-state index is 13.9. The van der Waals surface area contributed by atoms with E-state index in [0.29, 0.717) is 71.2 Å². The second kappa shape index (κ2) is 13.0. The van der Waals surface area contributed by atoms with Crippen molar-refractivity contribution in [3.05, 3.63) is 76.9 Å². The number of ether oxygens (including phenoxy) is 4. The summed E-state index contributed by atoms with van der Waals surface area (Å²) in [5.41, 5.74) is 2.58. The minimum atomic E-state index is -0.973. The van der Waals surface area contributed by atoms with E-state index in [-0.39, 0.29) is 17.4 Å². The predicted octanol–water partition coefficient (Wildman–Crippen LogP) is 7.47. The monoisotopic (exact) mass is 642 g/mol. The van der Waals surface area contributed by atoms with Crippen LogP contribution < -0.4 is 23.8 Å². The lowest BCUT2D eigenvalue weighted by Gasteiger charge is -2.24. The first-order valence-corrected chi connectivity index (χ1v) is 16.5. The maximum atomic E-state index is 13.9. The van der Waals surface area contributed by atoms with Gasteiger partial charge in [0.2, 0.25) is 0 Å². The molecule has 10 heteroatoms. The van der Waals surface area contributed by atoms with Crippen molar-refractivity contribution >= 4 is 44.1 Å². The molecular weight excluding hydrogens is 604 g/mol. The molecule has 1 aromatic heterocycles. The summed E-state index contributed by atoms with van der Waals surface area (Å²) in [6.45, 7) is 11.5. The number of amides is 1. The number of ketones is 1. The molecule has 1 amide bonds. The van der Waals surface area contributed by atoms with Crippen LogP contribution in [0.15, 0.2) is 60.2 Å². The standard InChI is InChI=1S/C36H38N2O7S/c1-6-42-25-10-11-26-30(19-25)46-36(37-26)38-32(22-8-13-28(29(18-22)43-7-2)44-15-14-20(3)4)31(34(40)35(38)41)33(39)23-9-12-27-24(17-23)16-21(5)45-27/h8-13,17-21,32,39H,6-7,14-16H2,1-5H3/b33-31+/t21-,32+/m1/s1. The van der Waals surface area contributed by atoms with E-state index in [4.69, 9.17) is 23.9 Å². The summed E-state index contributed by atoms with van der Waals surface area (Å²) >= 11 is 1.28. The largest absolute Gasteiger partial charge is 0.507 e. The zero-order valence-electron chi connectivity index (χ0n) is 26.7. The number of benzene rings is 3. The Morgan fingerprint density at radius 3 is 2.59 bits per heavy atom. The van der Waals surface area contributed by atoms with E-state index in [1.807, 2.05) is 51.1 Å². The first-order chi connectivity index (χ1) is 22.2. The lowest BCUT2D eigenvalue weighted by atomic mass is 9.94. The van der Waals surface area contributed by atoms with Crippen molar-refractivity contribution in [1.82, 2.24) is 4.98 Å². The molecule has 0 radical (unpaired) electrons. The average molecular weight is 643 g/mol. The van der Waals surface area contributed by atoms with Crippen LogP contribution in [0.1, 0.15) is 63.8 Å². The first kappa shape index (κ1) is 31.4. The predicted molar refractivity (Wildman–Crippen MR) is 178 cm³/mol. The lowest BCUT2D eigenvalue weighted by Crippen LogP contribution is -2.29. The summed E-state index contributed by atoms with van der Waals surface area (Å²) < 4.78 is 24.4. The molecule has 0 aliphatic carbocycles. The molecule has 1 saturated heterocycles. The van der Waals surface area contributed by atoms with Gasteiger partial charge >= 0.3 is 5.91 Å². The van der Waals surface area contributed by atoms with Crippen molar-refractivity contribution < 1.29 is 33.6 Å². The third-order valence-corrected chi connectivity index (χ3v) is 9.03. The van der Waals surface area contributed by atoms with Gasteiger partial charge in [0.1, 0.15) is 23.4 Å². The van der Waals surface area contributed by atoms with Gasteiger partial charge in [0.25, 0.3) is 5.78 Å². The molecule has 2 aliphatic heterocycles. The molecule has 0 bridgehead atoms. The van der Waals surface area contributed by atoms with E-state index >= 15 is 0 Å². The minimum absolute atomic E-state index is 0.0125. The van der Waals surface area contributed by atoms with Crippen LogP contribution in [0.25, 0.3) is 16.0 Å². The van der Waals surface area contributed by atoms with Crippen LogP contribution in [0.2, 0.25) is 0 Å². The van der Waals surface area contributed by atoms with Crippen molar-refractivity contribution in [2.45, 2.75) is 59.6 Å². The summed E-state index contributed by atoms with van der Waals surface area (Å²) in [5, 5.41) is 12.1. The van der Waals surface area contributed by atoms with Crippen LogP contribution in [-0.2, 0) is 16.0 Å². The average Bonchev–Trinajstić information content (AvgIpc) is 3.69. The van der Waals surface area contributed by atoms with E-state index in [1.54, 1.807) is 24.3 Å². The Morgan fingerprint density at radius 2 is 1.83 bits per heavy atom. The molecule has 9 nitrogen and oxygen atoms in total. The second-order valence-corrected chi connectivity index (χ2v) is 12.9. The number of carbonyl (C=O) groups is 2. The van der Waals surface area contributed by atoms with Crippen LogP contribution in [0.3, 0.4) is 0 Å². The Hall–Kier alpha value is -4.57. The van der Waals surface area contributed by atoms with Crippen LogP contribution >= 0.6 is 11.3 Å². The Labute approximate surface area is 272 Å².